The lowest BCUT2D eigenvalue weighted by molar-refractivity contribution is -0.000748. The van der Waals surface area contributed by atoms with Crippen molar-refractivity contribution >= 4 is 35.9 Å². The van der Waals surface area contributed by atoms with Crippen molar-refractivity contribution in [1.82, 2.24) is 4.90 Å². The summed E-state index contributed by atoms with van der Waals surface area (Å²) in [5, 5.41) is 7.70. The highest BCUT2D eigenvalue weighted by atomic mass is 35.5. The number of halogens is 2. The first-order valence-electron chi connectivity index (χ1n) is 11.5. The maximum atomic E-state index is 14.2. The third-order valence-electron chi connectivity index (χ3n) is 4.09. The lowest BCUT2D eigenvalue weighted by Gasteiger charge is -2.28. The first kappa shape index (κ1) is 31.2. The molecule has 1 atom stereocenters. The summed E-state index contributed by atoms with van der Waals surface area (Å²) >= 11 is 6.19. The van der Waals surface area contributed by atoms with Crippen LogP contribution in [0.15, 0.2) is 17.1 Å². The second kappa shape index (κ2) is 12.9. The molecule has 1 rings (SSSR count). The van der Waals surface area contributed by atoms with Crippen LogP contribution >= 0.6 is 11.6 Å². The van der Waals surface area contributed by atoms with E-state index in [1.807, 2.05) is 13.8 Å². The fourth-order valence-corrected chi connectivity index (χ4v) is 3.00. The van der Waals surface area contributed by atoms with Crippen molar-refractivity contribution in [3.05, 3.63) is 28.5 Å². The van der Waals surface area contributed by atoms with E-state index in [0.29, 0.717) is 0 Å². The van der Waals surface area contributed by atoms with Crippen molar-refractivity contribution in [2.45, 2.75) is 85.7 Å². The van der Waals surface area contributed by atoms with Crippen molar-refractivity contribution in [3.63, 3.8) is 0 Å². The first-order valence-corrected chi connectivity index (χ1v) is 11.9. The highest BCUT2D eigenvalue weighted by Gasteiger charge is 2.31. The molecule has 1 aromatic carbocycles. The summed E-state index contributed by atoms with van der Waals surface area (Å²) in [6.45, 7) is 14.9. The van der Waals surface area contributed by atoms with Crippen molar-refractivity contribution in [1.29, 1.82) is 5.41 Å². The van der Waals surface area contributed by atoms with Gasteiger partial charge >= 0.3 is 12.2 Å². The average molecular weight is 530 g/mol. The smallest absolute Gasteiger partial charge is 0.419 e. The van der Waals surface area contributed by atoms with E-state index in [4.69, 9.17) is 36.0 Å². The Morgan fingerprint density at radius 2 is 1.61 bits per heavy atom. The number of hydrogen-bond acceptors (Lipinski definition) is 8. The largest absolute Gasteiger partial charge is 0.491 e. The number of nitrogens with zero attached hydrogens (tertiary/aromatic N) is 2. The van der Waals surface area contributed by atoms with Gasteiger partial charge < -0.3 is 18.9 Å². The monoisotopic (exact) mass is 529 g/mol. The van der Waals surface area contributed by atoms with E-state index in [2.05, 4.69) is 4.99 Å². The summed E-state index contributed by atoms with van der Waals surface area (Å²) in [4.78, 5) is 30.2. The molecule has 1 unspecified atom stereocenters. The minimum Gasteiger partial charge on any atom is -0.491 e. The van der Waals surface area contributed by atoms with Crippen LogP contribution in [-0.4, -0.2) is 59.6 Å². The van der Waals surface area contributed by atoms with Gasteiger partial charge in [-0.15, -0.1) is 0 Å². The lowest BCUT2D eigenvalue weighted by atomic mass is 10.1. The van der Waals surface area contributed by atoms with E-state index in [0.717, 1.165) is 11.0 Å². The number of carbonyl (C=O) groups excluding carboxylic acids is 2. The van der Waals surface area contributed by atoms with Gasteiger partial charge in [-0.05, 0) is 74.4 Å². The molecule has 0 bridgehead atoms. The molecule has 0 aliphatic carbocycles. The molecular weight excluding hydrogens is 493 g/mol. The number of rotatable bonds is 8. The molecule has 0 spiro atoms. The lowest BCUT2D eigenvalue weighted by Crippen LogP contribution is -2.45. The summed E-state index contributed by atoms with van der Waals surface area (Å²) in [6, 6.07) is 2.45. The van der Waals surface area contributed by atoms with E-state index in [1.54, 1.807) is 48.5 Å². The SMILES string of the molecule is CC(C)N=CC(=N)OC(C)c1c(OCCN(C(=O)OC(C)(C)C)C(=O)OC(C)(C)C)ccc(F)c1Cl. The Hall–Kier alpha value is -2.88. The summed E-state index contributed by atoms with van der Waals surface area (Å²) < 4.78 is 36.2. The number of nitrogens with one attached hydrogen (secondary N) is 1. The van der Waals surface area contributed by atoms with Crippen LogP contribution in [0.5, 0.6) is 5.75 Å². The molecule has 0 fully saturated rings. The minimum absolute atomic E-state index is 0.0289. The van der Waals surface area contributed by atoms with Gasteiger partial charge in [-0.1, -0.05) is 11.6 Å². The number of aliphatic imine (C=N–C) groups is 1. The Kier molecular flexibility index (Phi) is 11.2. The number of amides is 2. The summed E-state index contributed by atoms with van der Waals surface area (Å²) in [6.07, 6.45) is -1.39. The molecule has 0 aliphatic rings. The molecule has 11 heteroatoms. The molecule has 0 heterocycles. The summed E-state index contributed by atoms with van der Waals surface area (Å²) in [5.41, 5.74) is -1.52. The summed E-state index contributed by atoms with van der Waals surface area (Å²) in [5.74, 6) is -0.764. The molecule has 1 N–H and O–H groups in total. The molecular formula is C25H37ClFN3O6. The van der Waals surface area contributed by atoms with Gasteiger partial charge in [0.25, 0.3) is 0 Å². The quantitative estimate of drug-likeness (QED) is 0.301. The average Bonchev–Trinajstić information content (AvgIpc) is 2.69. The third-order valence-corrected chi connectivity index (χ3v) is 4.48. The van der Waals surface area contributed by atoms with Gasteiger partial charge in [0, 0.05) is 6.04 Å². The van der Waals surface area contributed by atoms with Gasteiger partial charge in [0.1, 0.15) is 35.5 Å². The van der Waals surface area contributed by atoms with Gasteiger partial charge in [0.15, 0.2) is 0 Å². The van der Waals surface area contributed by atoms with Crippen LogP contribution in [0.3, 0.4) is 0 Å². The zero-order valence-corrected chi connectivity index (χ0v) is 23.2. The maximum Gasteiger partial charge on any atom is 0.419 e. The second-order valence-electron chi connectivity index (χ2n) is 10.2. The highest BCUT2D eigenvalue weighted by Crippen LogP contribution is 2.36. The van der Waals surface area contributed by atoms with Crippen molar-refractivity contribution < 1.29 is 32.9 Å². The van der Waals surface area contributed by atoms with Crippen molar-refractivity contribution in [2.75, 3.05) is 13.2 Å². The zero-order valence-electron chi connectivity index (χ0n) is 22.4. The second-order valence-corrected chi connectivity index (χ2v) is 10.6. The normalized spacial score (nSPS) is 12.9. The topological polar surface area (TPSA) is 111 Å². The predicted octanol–water partition coefficient (Wildman–Crippen LogP) is 6.56. The van der Waals surface area contributed by atoms with Crippen LogP contribution in [0.2, 0.25) is 5.02 Å². The Labute approximate surface area is 217 Å². The molecule has 1 aromatic rings. The number of benzene rings is 1. The fourth-order valence-electron chi connectivity index (χ4n) is 2.69. The van der Waals surface area contributed by atoms with E-state index in [-0.39, 0.29) is 41.4 Å². The van der Waals surface area contributed by atoms with Crippen LogP contribution < -0.4 is 4.74 Å². The molecule has 0 radical (unpaired) electrons. The summed E-state index contributed by atoms with van der Waals surface area (Å²) in [7, 11) is 0. The number of imide groups is 1. The predicted molar refractivity (Wildman–Crippen MR) is 137 cm³/mol. The Bertz CT molecular complexity index is 942. The van der Waals surface area contributed by atoms with Crippen molar-refractivity contribution in [3.8, 4) is 5.75 Å². The Morgan fingerprint density at radius 1 is 1.08 bits per heavy atom. The zero-order chi connectivity index (χ0) is 27.8. The van der Waals surface area contributed by atoms with Crippen LogP contribution in [-0.2, 0) is 14.2 Å². The minimum atomic E-state index is -0.896. The van der Waals surface area contributed by atoms with E-state index < -0.39 is 35.3 Å². The molecule has 202 valence electrons. The molecule has 0 saturated carbocycles. The molecule has 0 aromatic heterocycles. The van der Waals surface area contributed by atoms with Gasteiger partial charge in [0.2, 0.25) is 5.90 Å². The number of carbonyl (C=O) groups is 2. The molecule has 2 amide bonds. The van der Waals surface area contributed by atoms with Gasteiger partial charge in [-0.2, -0.15) is 0 Å². The maximum absolute atomic E-state index is 14.2. The number of hydrogen-bond donors (Lipinski definition) is 1. The van der Waals surface area contributed by atoms with Crippen LogP contribution in [0.4, 0.5) is 14.0 Å². The van der Waals surface area contributed by atoms with E-state index >= 15 is 0 Å². The van der Waals surface area contributed by atoms with Crippen LogP contribution in [0.1, 0.15) is 74.0 Å². The Morgan fingerprint density at radius 3 is 2.08 bits per heavy atom. The Balaban J connectivity index is 3.09. The van der Waals surface area contributed by atoms with Crippen molar-refractivity contribution in [2.24, 2.45) is 4.99 Å². The van der Waals surface area contributed by atoms with E-state index in [1.165, 1.54) is 12.3 Å². The van der Waals surface area contributed by atoms with Gasteiger partial charge in [-0.25, -0.2) is 18.9 Å². The molecule has 36 heavy (non-hydrogen) atoms. The first-order chi connectivity index (χ1) is 16.4. The number of ether oxygens (including phenoxy) is 4. The van der Waals surface area contributed by atoms with E-state index in [9.17, 15) is 14.0 Å². The standard InChI is InChI=1S/C25H37ClFN3O6/c1-15(2)29-14-19(28)34-16(3)20-18(11-10-17(27)21(20)26)33-13-12-30(22(31)35-24(4,5)6)23(32)36-25(7,8)9/h10-11,14-16,28H,12-13H2,1-9H3. The van der Waals surface area contributed by atoms with Crippen LogP contribution in [0, 0.1) is 11.2 Å². The van der Waals surface area contributed by atoms with Crippen LogP contribution in [0.25, 0.3) is 0 Å². The molecule has 0 saturated heterocycles. The molecule has 0 aliphatic heterocycles. The molecule has 9 nitrogen and oxygen atoms in total. The highest BCUT2D eigenvalue weighted by molar-refractivity contribution is 6.31. The van der Waals surface area contributed by atoms with Gasteiger partial charge in [0.05, 0.1) is 23.3 Å². The van der Waals surface area contributed by atoms with Gasteiger partial charge in [-0.3, -0.25) is 10.4 Å². The third kappa shape index (κ3) is 10.8. The fraction of sp³-hybridized carbons (Fsp3) is 0.600.